The highest BCUT2D eigenvalue weighted by Crippen LogP contribution is 2.16. The van der Waals surface area contributed by atoms with Crippen LogP contribution in [0.5, 0.6) is 0 Å². The Bertz CT molecular complexity index is 301. The average molecular weight is 215 g/mol. The van der Waals surface area contributed by atoms with E-state index in [1.807, 2.05) is 0 Å². The van der Waals surface area contributed by atoms with Gasteiger partial charge in [0.2, 0.25) is 0 Å². The lowest BCUT2D eigenvalue weighted by Gasteiger charge is -2.15. The Kier molecular flexibility index (Phi) is 2.53. The van der Waals surface area contributed by atoms with Crippen molar-refractivity contribution in [2.75, 3.05) is 0 Å². The van der Waals surface area contributed by atoms with Crippen LogP contribution in [-0.4, -0.2) is 12.0 Å². The number of rotatable bonds is 1. The molecule has 1 nitrogen and oxygen atoms in total. The van der Waals surface area contributed by atoms with Gasteiger partial charge in [0.05, 0.1) is 5.02 Å². The minimum absolute atomic E-state index is 0.0754. The molecule has 0 aliphatic heterocycles. The van der Waals surface area contributed by atoms with Crippen LogP contribution in [0.4, 0.5) is 12.9 Å². The molecule has 0 fully saturated rings. The van der Waals surface area contributed by atoms with E-state index >= 15 is 0 Å². The minimum atomic E-state index is -5.13. The SMILES string of the molecule is F[B-](F)(F)c1cc(Cl)cnc1Cl. The predicted molar refractivity (Wildman–Crippen MR) is 43.0 cm³/mol. The van der Waals surface area contributed by atoms with Gasteiger partial charge in [0.1, 0.15) is 5.15 Å². The van der Waals surface area contributed by atoms with Gasteiger partial charge in [-0.25, -0.2) is 4.98 Å². The van der Waals surface area contributed by atoms with Crippen LogP contribution in [0.15, 0.2) is 12.3 Å². The summed E-state index contributed by atoms with van der Waals surface area (Å²) in [6.45, 7) is -5.13. The largest absolute Gasteiger partial charge is 0.512 e. The molecule has 0 aliphatic rings. The Balaban J connectivity index is 3.23. The van der Waals surface area contributed by atoms with Crippen LogP contribution in [0.3, 0.4) is 0 Å². The van der Waals surface area contributed by atoms with Crippen LogP contribution in [0.2, 0.25) is 10.2 Å². The van der Waals surface area contributed by atoms with Gasteiger partial charge < -0.3 is 12.9 Å². The van der Waals surface area contributed by atoms with Crippen LogP contribution < -0.4 is 5.46 Å². The smallest absolute Gasteiger partial charge is 0.445 e. The van der Waals surface area contributed by atoms with E-state index in [0.717, 1.165) is 12.3 Å². The Hall–Kier alpha value is -0.415. The first-order valence-electron chi connectivity index (χ1n) is 2.92. The Morgan fingerprint density at radius 1 is 1.25 bits per heavy atom. The molecule has 1 aromatic rings. The van der Waals surface area contributed by atoms with Crippen LogP contribution >= 0.6 is 23.2 Å². The van der Waals surface area contributed by atoms with Gasteiger partial charge in [0, 0.05) is 6.20 Å². The van der Waals surface area contributed by atoms with Crippen LogP contribution in [0, 0.1) is 0 Å². The number of halogens is 5. The maximum atomic E-state index is 12.1. The maximum Gasteiger partial charge on any atom is 0.512 e. The summed E-state index contributed by atoms with van der Waals surface area (Å²) >= 11 is 10.5. The summed E-state index contributed by atoms with van der Waals surface area (Å²) in [5, 5.41) is -0.638. The lowest BCUT2D eigenvalue weighted by atomic mass is 9.81. The third-order valence-electron chi connectivity index (χ3n) is 1.19. The predicted octanol–water partition coefficient (Wildman–Crippen LogP) is 2.44. The third kappa shape index (κ3) is 2.05. The van der Waals surface area contributed by atoms with E-state index in [0.29, 0.717) is 0 Å². The van der Waals surface area contributed by atoms with Gasteiger partial charge in [0.15, 0.2) is 0 Å². The molecule has 66 valence electrons. The lowest BCUT2D eigenvalue weighted by Crippen LogP contribution is -2.35. The van der Waals surface area contributed by atoms with Crippen molar-refractivity contribution in [3.8, 4) is 0 Å². The summed E-state index contributed by atoms with van der Waals surface area (Å²) < 4.78 is 36.3. The Labute approximate surface area is 76.6 Å². The molecule has 1 heterocycles. The fraction of sp³-hybridized carbons (Fsp3) is 0. The van der Waals surface area contributed by atoms with Gasteiger partial charge >= 0.3 is 6.98 Å². The van der Waals surface area contributed by atoms with Gasteiger partial charge in [-0.1, -0.05) is 34.7 Å². The highest BCUT2D eigenvalue weighted by molar-refractivity contribution is 6.75. The molecule has 0 aliphatic carbocycles. The number of nitrogens with zero attached hydrogens (tertiary/aromatic N) is 1. The summed E-state index contributed by atoms with van der Waals surface area (Å²) in [5.74, 6) is 0. The normalized spacial score (nSPS) is 11.8. The molecule has 0 atom stereocenters. The molecule has 1 rings (SSSR count). The van der Waals surface area contributed by atoms with Gasteiger partial charge in [0.25, 0.3) is 0 Å². The van der Waals surface area contributed by atoms with Crippen LogP contribution in [0.25, 0.3) is 0 Å². The maximum absolute atomic E-state index is 12.1. The van der Waals surface area contributed by atoms with Crippen molar-refractivity contribution in [3.63, 3.8) is 0 Å². The molecular formula is C5H2BCl2F3N-. The van der Waals surface area contributed by atoms with E-state index < -0.39 is 17.6 Å². The second-order valence-electron chi connectivity index (χ2n) is 2.11. The molecular weight excluding hydrogens is 213 g/mol. The topological polar surface area (TPSA) is 12.9 Å². The summed E-state index contributed by atoms with van der Waals surface area (Å²) in [5.41, 5.74) is -0.954. The molecule has 0 bridgehead atoms. The molecule has 7 heteroatoms. The van der Waals surface area contributed by atoms with E-state index in [9.17, 15) is 12.9 Å². The Morgan fingerprint density at radius 3 is 2.25 bits per heavy atom. The standard InChI is InChI=1S/C5H2BCl2F3N/c7-3-1-4(6(9,10)11)5(8)12-2-3/h1-2H/q-1. The highest BCUT2D eigenvalue weighted by Gasteiger charge is 2.28. The second-order valence-corrected chi connectivity index (χ2v) is 2.90. The van der Waals surface area contributed by atoms with Gasteiger partial charge in [-0.05, 0) is 0 Å². The van der Waals surface area contributed by atoms with Crippen molar-refractivity contribution in [2.24, 2.45) is 0 Å². The zero-order chi connectivity index (χ0) is 9.35. The molecule has 0 N–H and O–H groups in total. The lowest BCUT2D eigenvalue weighted by molar-refractivity contribution is 0.501. The Morgan fingerprint density at radius 2 is 1.83 bits per heavy atom. The average Bonchev–Trinajstić information content (AvgIpc) is 1.92. The van der Waals surface area contributed by atoms with Crippen molar-refractivity contribution >= 4 is 35.6 Å². The van der Waals surface area contributed by atoms with E-state index in [1.165, 1.54) is 0 Å². The van der Waals surface area contributed by atoms with E-state index in [-0.39, 0.29) is 5.02 Å². The number of hydrogen-bond acceptors (Lipinski definition) is 1. The van der Waals surface area contributed by atoms with Crippen molar-refractivity contribution in [3.05, 3.63) is 22.4 Å². The summed E-state index contributed by atoms with van der Waals surface area (Å²) in [6.07, 6.45) is 1.06. The van der Waals surface area contributed by atoms with Crippen molar-refractivity contribution in [1.82, 2.24) is 4.98 Å². The van der Waals surface area contributed by atoms with E-state index in [2.05, 4.69) is 4.98 Å². The molecule has 1 aromatic heterocycles. The van der Waals surface area contributed by atoms with Gasteiger partial charge in [-0.2, -0.15) is 0 Å². The zero-order valence-electron chi connectivity index (χ0n) is 5.57. The first-order valence-corrected chi connectivity index (χ1v) is 3.68. The molecule has 0 amide bonds. The second kappa shape index (κ2) is 3.14. The summed E-state index contributed by atoms with van der Waals surface area (Å²) in [7, 11) is 0. The number of aromatic nitrogens is 1. The first kappa shape index (κ1) is 9.67. The van der Waals surface area contributed by atoms with Crippen molar-refractivity contribution < 1.29 is 12.9 Å². The minimum Gasteiger partial charge on any atom is -0.445 e. The van der Waals surface area contributed by atoms with Gasteiger partial charge in [-0.15, -0.1) is 0 Å². The molecule has 0 saturated carbocycles. The first-order chi connectivity index (χ1) is 5.41. The third-order valence-corrected chi connectivity index (χ3v) is 1.71. The van der Waals surface area contributed by atoms with Gasteiger partial charge in [-0.3, -0.25) is 0 Å². The van der Waals surface area contributed by atoms with E-state index in [4.69, 9.17) is 23.2 Å². The van der Waals surface area contributed by atoms with Crippen LogP contribution in [0.1, 0.15) is 0 Å². The molecule has 0 aromatic carbocycles. The summed E-state index contributed by atoms with van der Waals surface area (Å²) in [6, 6.07) is 0.761. The molecule has 12 heavy (non-hydrogen) atoms. The molecule has 0 unspecified atom stereocenters. The number of hydrogen-bond donors (Lipinski definition) is 0. The zero-order valence-corrected chi connectivity index (χ0v) is 7.08. The van der Waals surface area contributed by atoms with Crippen molar-refractivity contribution in [2.45, 2.75) is 0 Å². The van der Waals surface area contributed by atoms with Crippen LogP contribution in [-0.2, 0) is 0 Å². The fourth-order valence-electron chi connectivity index (χ4n) is 0.668. The number of pyridine rings is 1. The molecule has 0 radical (unpaired) electrons. The summed E-state index contributed by atoms with van der Waals surface area (Å²) in [4.78, 5) is 3.27. The monoisotopic (exact) mass is 214 g/mol. The molecule has 0 saturated heterocycles. The van der Waals surface area contributed by atoms with Crippen molar-refractivity contribution in [1.29, 1.82) is 0 Å². The fourth-order valence-corrected chi connectivity index (χ4v) is 1.06. The van der Waals surface area contributed by atoms with E-state index in [1.54, 1.807) is 0 Å². The molecule has 0 spiro atoms. The quantitative estimate of drug-likeness (QED) is 0.517. The highest BCUT2D eigenvalue weighted by atomic mass is 35.5.